The van der Waals surface area contributed by atoms with E-state index in [1.54, 1.807) is 30.3 Å². The molecule has 0 spiro atoms. The van der Waals surface area contributed by atoms with E-state index in [2.05, 4.69) is 10.3 Å². The molecular weight excluding hydrogens is 458 g/mol. The molecule has 4 rings (SSSR count). The molecule has 1 aliphatic rings. The molecular formula is C27H27F4N3O. The molecule has 1 N–H and O–H groups in total. The SMILES string of the molecule is O=C(NCC1(c2ccccc2)CCN(C(Cc2ccccc2)C(F)(F)F)CC1)c1ccnc(F)c1. The van der Waals surface area contributed by atoms with Crippen LogP contribution in [0, 0.1) is 5.95 Å². The van der Waals surface area contributed by atoms with Crippen LogP contribution in [0.1, 0.15) is 34.3 Å². The number of piperidine rings is 1. The first-order chi connectivity index (χ1) is 16.8. The van der Waals surface area contributed by atoms with Gasteiger partial charge in [0.05, 0.1) is 0 Å². The van der Waals surface area contributed by atoms with Gasteiger partial charge in [0, 0.05) is 29.8 Å². The smallest absolute Gasteiger partial charge is 0.351 e. The molecule has 1 aromatic heterocycles. The van der Waals surface area contributed by atoms with Gasteiger partial charge in [-0.3, -0.25) is 9.69 Å². The van der Waals surface area contributed by atoms with Crippen LogP contribution in [0.3, 0.4) is 0 Å². The molecule has 0 bridgehead atoms. The van der Waals surface area contributed by atoms with Crippen LogP contribution in [-0.2, 0) is 11.8 Å². The Balaban J connectivity index is 1.51. The maximum Gasteiger partial charge on any atom is 0.404 e. The van der Waals surface area contributed by atoms with Gasteiger partial charge in [-0.05, 0) is 49.5 Å². The molecule has 1 atom stereocenters. The molecule has 1 amide bonds. The third-order valence-corrected chi connectivity index (χ3v) is 6.81. The molecule has 1 saturated heterocycles. The number of likely N-dealkylation sites (tertiary alicyclic amines) is 1. The Morgan fingerprint density at radius 3 is 2.23 bits per heavy atom. The largest absolute Gasteiger partial charge is 0.404 e. The fourth-order valence-corrected chi connectivity index (χ4v) is 4.81. The summed E-state index contributed by atoms with van der Waals surface area (Å²) < 4.78 is 55.6. The van der Waals surface area contributed by atoms with Gasteiger partial charge < -0.3 is 5.32 Å². The number of benzene rings is 2. The van der Waals surface area contributed by atoms with Crippen LogP contribution >= 0.6 is 0 Å². The zero-order valence-electron chi connectivity index (χ0n) is 19.1. The molecule has 8 heteroatoms. The molecule has 3 aromatic rings. The van der Waals surface area contributed by atoms with Crippen LogP contribution in [0.4, 0.5) is 17.6 Å². The van der Waals surface area contributed by atoms with Gasteiger partial charge >= 0.3 is 6.18 Å². The normalized spacial score (nSPS) is 17.0. The predicted molar refractivity (Wildman–Crippen MR) is 125 cm³/mol. The minimum atomic E-state index is -4.36. The number of carbonyl (C=O) groups is 1. The summed E-state index contributed by atoms with van der Waals surface area (Å²) in [4.78, 5) is 17.6. The fourth-order valence-electron chi connectivity index (χ4n) is 4.81. The summed E-state index contributed by atoms with van der Waals surface area (Å²) in [5.74, 6) is -1.19. The van der Waals surface area contributed by atoms with E-state index in [-0.39, 0.29) is 31.6 Å². The van der Waals surface area contributed by atoms with Gasteiger partial charge in [-0.15, -0.1) is 0 Å². The number of amides is 1. The van der Waals surface area contributed by atoms with Crippen molar-refractivity contribution in [1.29, 1.82) is 0 Å². The molecule has 0 radical (unpaired) electrons. The first-order valence-electron chi connectivity index (χ1n) is 11.6. The van der Waals surface area contributed by atoms with E-state index in [9.17, 15) is 22.4 Å². The van der Waals surface area contributed by atoms with Crippen molar-refractivity contribution >= 4 is 5.91 Å². The van der Waals surface area contributed by atoms with Crippen molar-refractivity contribution < 1.29 is 22.4 Å². The molecule has 184 valence electrons. The Kier molecular flexibility index (Phi) is 7.50. The van der Waals surface area contributed by atoms with Crippen molar-refractivity contribution in [2.45, 2.75) is 36.9 Å². The molecule has 0 saturated carbocycles. The third-order valence-electron chi connectivity index (χ3n) is 6.81. The van der Waals surface area contributed by atoms with Crippen LogP contribution in [-0.4, -0.2) is 47.6 Å². The monoisotopic (exact) mass is 485 g/mol. The number of aromatic nitrogens is 1. The maximum absolute atomic E-state index is 14.0. The minimum Gasteiger partial charge on any atom is -0.351 e. The Bertz CT molecular complexity index is 1110. The molecule has 1 fully saturated rings. The van der Waals surface area contributed by atoms with Gasteiger partial charge in [0.15, 0.2) is 0 Å². The lowest BCUT2D eigenvalue weighted by Gasteiger charge is -2.45. The van der Waals surface area contributed by atoms with E-state index < -0.39 is 29.5 Å². The lowest BCUT2D eigenvalue weighted by Crippen LogP contribution is -2.55. The quantitative estimate of drug-likeness (QED) is 0.372. The molecule has 1 aliphatic heterocycles. The molecule has 2 aromatic carbocycles. The summed E-state index contributed by atoms with van der Waals surface area (Å²) in [5.41, 5.74) is 1.24. The van der Waals surface area contributed by atoms with Crippen LogP contribution in [0.5, 0.6) is 0 Å². The topological polar surface area (TPSA) is 45.2 Å². The minimum absolute atomic E-state index is 0.104. The van der Waals surface area contributed by atoms with E-state index in [0.29, 0.717) is 18.4 Å². The predicted octanol–water partition coefficient (Wildman–Crippen LogP) is 5.16. The summed E-state index contributed by atoms with van der Waals surface area (Å²) in [6.07, 6.45) is -2.35. The molecule has 4 nitrogen and oxygen atoms in total. The van der Waals surface area contributed by atoms with Gasteiger partial charge in [-0.1, -0.05) is 60.7 Å². The zero-order valence-corrected chi connectivity index (χ0v) is 19.1. The van der Waals surface area contributed by atoms with E-state index in [0.717, 1.165) is 11.6 Å². The second kappa shape index (κ2) is 10.6. The number of hydrogen-bond acceptors (Lipinski definition) is 3. The second-order valence-corrected chi connectivity index (χ2v) is 8.98. The van der Waals surface area contributed by atoms with E-state index >= 15 is 0 Å². The number of nitrogens with zero attached hydrogens (tertiary/aromatic N) is 2. The first kappa shape index (κ1) is 24.9. The van der Waals surface area contributed by atoms with Gasteiger partial charge in [-0.25, -0.2) is 4.98 Å². The summed E-state index contributed by atoms with van der Waals surface area (Å²) in [6.45, 7) is 0.723. The summed E-state index contributed by atoms with van der Waals surface area (Å²) in [7, 11) is 0. The summed E-state index contributed by atoms with van der Waals surface area (Å²) >= 11 is 0. The van der Waals surface area contributed by atoms with E-state index in [1.165, 1.54) is 17.2 Å². The van der Waals surface area contributed by atoms with Crippen LogP contribution in [0.2, 0.25) is 0 Å². The average Bonchev–Trinajstić information content (AvgIpc) is 2.87. The van der Waals surface area contributed by atoms with Crippen LogP contribution in [0.25, 0.3) is 0 Å². The highest BCUT2D eigenvalue weighted by Crippen LogP contribution is 2.38. The van der Waals surface area contributed by atoms with Crippen LogP contribution < -0.4 is 5.32 Å². The maximum atomic E-state index is 14.0. The van der Waals surface area contributed by atoms with Gasteiger partial charge in [0.25, 0.3) is 5.91 Å². The number of nitrogens with one attached hydrogen (secondary N) is 1. The van der Waals surface area contributed by atoms with Crippen molar-refractivity contribution in [3.8, 4) is 0 Å². The highest BCUT2D eigenvalue weighted by molar-refractivity contribution is 5.94. The highest BCUT2D eigenvalue weighted by atomic mass is 19.4. The lowest BCUT2D eigenvalue weighted by atomic mass is 9.72. The van der Waals surface area contributed by atoms with E-state index in [4.69, 9.17) is 0 Å². The molecule has 1 unspecified atom stereocenters. The lowest BCUT2D eigenvalue weighted by molar-refractivity contribution is -0.187. The Hall–Kier alpha value is -3.26. The molecule has 2 heterocycles. The standard InChI is InChI=1S/C27H27F4N3O/c28-24-18-21(11-14-32-24)25(35)33-19-26(22-9-5-2-6-10-22)12-15-34(16-13-26)23(27(29,30)31)17-20-7-3-1-4-8-20/h1-11,14,18,23H,12-13,15-17,19H2,(H,33,35). The van der Waals surface area contributed by atoms with Crippen molar-refractivity contribution in [2.75, 3.05) is 19.6 Å². The zero-order chi connectivity index (χ0) is 24.9. The van der Waals surface area contributed by atoms with Crippen LogP contribution in [0.15, 0.2) is 79.0 Å². The molecule has 0 aliphatic carbocycles. The number of alkyl halides is 3. The fraction of sp³-hybridized carbons (Fsp3) is 0.333. The second-order valence-electron chi connectivity index (χ2n) is 8.98. The van der Waals surface area contributed by atoms with Gasteiger partial charge in [0.2, 0.25) is 5.95 Å². The first-order valence-corrected chi connectivity index (χ1v) is 11.6. The Morgan fingerprint density at radius 2 is 1.63 bits per heavy atom. The van der Waals surface area contributed by atoms with E-state index in [1.807, 2.05) is 30.3 Å². The number of rotatable bonds is 7. The van der Waals surface area contributed by atoms with Gasteiger partial charge in [-0.2, -0.15) is 17.6 Å². The number of halogens is 4. The summed E-state index contributed by atoms with van der Waals surface area (Å²) in [6, 6.07) is 19.2. The molecule has 35 heavy (non-hydrogen) atoms. The average molecular weight is 486 g/mol. The third kappa shape index (κ3) is 6.06. The Labute approximate surface area is 202 Å². The van der Waals surface area contributed by atoms with Gasteiger partial charge in [0.1, 0.15) is 6.04 Å². The Morgan fingerprint density at radius 1 is 1.00 bits per heavy atom. The highest BCUT2D eigenvalue weighted by Gasteiger charge is 2.46. The van der Waals surface area contributed by atoms with Crippen molar-refractivity contribution in [3.05, 3.63) is 102 Å². The van der Waals surface area contributed by atoms with Crippen molar-refractivity contribution in [2.24, 2.45) is 0 Å². The van der Waals surface area contributed by atoms with Crippen molar-refractivity contribution in [3.63, 3.8) is 0 Å². The number of hydrogen-bond donors (Lipinski definition) is 1. The van der Waals surface area contributed by atoms with Crippen molar-refractivity contribution in [1.82, 2.24) is 15.2 Å². The summed E-state index contributed by atoms with van der Waals surface area (Å²) in [5, 5.41) is 2.88. The number of pyridine rings is 1. The number of carbonyl (C=O) groups excluding carboxylic acids is 1.